The van der Waals surface area contributed by atoms with E-state index in [0.717, 1.165) is 11.3 Å². The van der Waals surface area contributed by atoms with Gasteiger partial charge in [-0.1, -0.05) is 0 Å². The van der Waals surface area contributed by atoms with E-state index in [1.54, 1.807) is 0 Å². The Morgan fingerprint density at radius 1 is 1.80 bits per heavy atom. The molecule has 0 spiro atoms. The molecule has 0 aliphatic carbocycles. The average Bonchev–Trinajstić information content (AvgIpc) is 2.14. The number of anilines is 1. The van der Waals surface area contributed by atoms with Gasteiger partial charge in [-0.3, -0.25) is 0 Å². The first kappa shape index (κ1) is 9.19. The summed E-state index contributed by atoms with van der Waals surface area (Å²) in [5.74, 6) is -0.769. The van der Waals surface area contributed by atoms with E-state index in [-0.39, 0.29) is 23.2 Å². The van der Waals surface area contributed by atoms with Crippen LogP contribution in [0.3, 0.4) is 0 Å². The molecule has 0 aliphatic rings. The van der Waals surface area contributed by atoms with Crippen molar-refractivity contribution in [3.63, 3.8) is 0 Å². The van der Waals surface area contributed by atoms with Crippen LogP contribution in [-0.4, -0.2) is 16.1 Å². The van der Waals surface area contributed by atoms with Crippen molar-refractivity contribution in [2.75, 3.05) is 5.73 Å². The number of halogens is 1. The molecule has 4 nitrogen and oxygen atoms in total. The Morgan fingerprint density at radius 2 is 2.40 bits per heavy atom. The highest BCUT2D eigenvalue weighted by Gasteiger charge is 2.05. The summed E-state index contributed by atoms with van der Waals surface area (Å²) in [6, 6.07) is 0. The molecule has 0 aromatic carbocycles. The van der Waals surface area contributed by atoms with Crippen molar-refractivity contribution in [1.29, 1.82) is 0 Å². The van der Waals surface area contributed by atoms with Crippen molar-refractivity contribution in [2.45, 2.75) is 0 Å². The van der Waals surface area contributed by atoms with Gasteiger partial charge in [0.05, 0.1) is 0 Å². The number of carboxylic acid groups (broad SMARTS) is 1. The predicted molar refractivity (Wildman–Crippen MR) is 40.7 cm³/mol. The Morgan fingerprint density at radius 3 is 2.60 bits per heavy atom. The smallest absolute Gasteiger partial charge is 0.365 e. The fourth-order valence-electron chi connectivity index (χ4n) is 0.384. The molecule has 1 aromatic heterocycles. The van der Waals surface area contributed by atoms with Gasteiger partial charge in [-0.15, -0.1) is 23.7 Å². The van der Waals surface area contributed by atoms with Gasteiger partial charge in [-0.25, -0.2) is 9.78 Å². The number of carboxylic acids is 1. The largest absolute Gasteiger partial charge is 0.476 e. The Kier molecular flexibility index (Phi) is 3.11. The van der Waals surface area contributed by atoms with Crippen molar-refractivity contribution >= 4 is 35.5 Å². The molecule has 6 heteroatoms. The lowest BCUT2D eigenvalue weighted by Gasteiger charge is -1.79. The lowest BCUT2D eigenvalue weighted by atomic mass is 10.7. The molecule has 0 aliphatic heterocycles. The number of rotatable bonds is 1. The zero-order chi connectivity index (χ0) is 6.85. The molecule has 1 heterocycles. The van der Waals surface area contributed by atoms with Crippen LogP contribution in [0.15, 0.2) is 5.38 Å². The Hall–Kier alpha value is -0.810. The Balaban J connectivity index is 0.000000810. The van der Waals surface area contributed by atoms with E-state index in [1.165, 1.54) is 5.38 Å². The molecule has 0 unspecified atom stereocenters. The summed E-state index contributed by atoms with van der Waals surface area (Å²) in [6.07, 6.45) is 0. The standard InChI is InChI=1S/C4H4N2O2S.ClH/c5-2-1-9-3(6-2)4(7)8;/h1H,5H2,(H,7,8);1H. The third kappa shape index (κ3) is 1.85. The molecule has 10 heavy (non-hydrogen) atoms. The molecule has 56 valence electrons. The van der Waals surface area contributed by atoms with Crippen molar-refractivity contribution in [2.24, 2.45) is 0 Å². The van der Waals surface area contributed by atoms with E-state index in [2.05, 4.69) is 4.98 Å². The van der Waals surface area contributed by atoms with E-state index in [1.807, 2.05) is 0 Å². The summed E-state index contributed by atoms with van der Waals surface area (Å²) in [6.45, 7) is 0. The maximum atomic E-state index is 10.1. The molecular weight excluding hydrogens is 176 g/mol. The molecule has 0 atom stereocenters. The van der Waals surface area contributed by atoms with Crippen LogP contribution in [0.5, 0.6) is 0 Å². The molecule has 0 fully saturated rings. The van der Waals surface area contributed by atoms with Gasteiger partial charge in [-0.2, -0.15) is 0 Å². The minimum atomic E-state index is -1.03. The highest BCUT2D eigenvalue weighted by Crippen LogP contribution is 2.09. The van der Waals surface area contributed by atoms with Gasteiger partial charge in [0.15, 0.2) is 0 Å². The summed E-state index contributed by atoms with van der Waals surface area (Å²) in [5, 5.41) is 9.81. The molecule has 1 rings (SSSR count). The average molecular weight is 181 g/mol. The fraction of sp³-hybridized carbons (Fsp3) is 0. The Bertz CT molecular complexity index is 237. The number of nitrogens with two attached hydrogens (primary N) is 1. The third-order valence-electron chi connectivity index (χ3n) is 0.705. The van der Waals surface area contributed by atoms with Crippen LogP contribution in [0.2, 0.25) is 0 Å². The highest BCUT2D eigenvalue weighted by molar-refractivity contribution is 7.11. The van der Waals surface area contributed by atoms with Crippen LogP contribution in [0.25, 0.3) is 0 Å². The van der Waals surface area contributed by atoms with Crippen molar-refractivity contribution in [1.82, 2.24) is 4.98 Å². The van der Waals surface area contributed by atoms with E-state index < -0.39 is 5.97 Å². The minimum Gasteiger partial charge on any atom is -0.476 e. The second-order valence-electron chi connectivity index (χ2n) is 1.38. The summed E-state index contributed by atoms with van der Waals surface area (Å²) in [7, 11) is 0. The highest BCUT2D eigenvalue weighted by atomic mass is 35.5. The molecule has 0 saturated heterocycles. The summed E-state index contributed by atoms with van der Waals surface area (Å²) < 4.78 is 0. The molecule has 3 N–H and O–H groups in total. The van der Waals surface area contributed by atoms with E-state index in [0.29, 0.717) is 0 Å². The lowest BCUT2D eigenvalue weighted by Crippen LogP contribution is -1.95. The predicted octanol–water partition coefficient (Wildman–Crippen LogP) is 0.845. The van der Waals surface area contributed by atoms with Crippen molar-refractivity contribution < 1.29 is 9.90 Å². The van der Waals surface area contributed by atoms with Crippen LogP contribution in [0, 0.1) is 0 Å². The topological polar surface area (TPSA) is 76.2 Å². The summed E-state index contributed by atoms with van der Waals surface area (Å²) in [4.78, 5) is 13.6. The maximum Gasteiger partial charge on any atom is 0.365 e. The van der Waals surface area contributed by atoms with Gasteiger partial charge >= 0.3 is 5.97 Å². The number of aromatic nitrogens is 1. The molecule has 0 radical (unpaired) electrons. The molecule has 1 aromatic rings. The quantitative estimate of drug-likeness (QED) is 0.672. The van der Waals surface area contributed by atoms with E-state index >= 15 is 0 Å². The fourth-order valence-corrected chi connectivity index (χ4v) is 0.928. The van der Waals surface area contributed by atoms with Crippen LogP contribution in [-0.2, 0) is 0 Å². The van der Waals surface area contributed by atoms with Crippen LogP contribution >= 0.6 is 23.7 Å². The zero-order valence-corrected chi connectivity index (χ0v) is 6.41. The zero-order valence-electron chi connectivity index (χ0n) is 4.77. The van der Waals surface area contributed by atoms with Crippen molar-refractivity contribution in [3.8, 4) is 0 Å². The Labute approximate surface area is 67.1 Å². The lowest BCUT2D eigenvalue weighted by molar-refractivity contribution is 0.0696. The van der Waals surface area contributed by atoms with Crippen LogP contribution < -0.4 is 5.73 Å². The van der Waals surface area contributed by atoms with Gasteiger partial charge in [-0.05, 0) is 0 Å². The van der Waals surface area contributed by atoms with Crippen LogP contribution in [0.4, 0.5) is 5.82 Å². The first-order valence-electron chi connectivity index (χ1n) is 2.14. The van der Waals surface area contributed by atoms with Gasteiger partial charge in [0, 0.05) is 5.38 Å². The van der Waals surface area contributed by atoms with Gasteiger partial charge in [0.1, 0.15) is 5.82 Å². The van der Waals surface area contributed by atoms with E-state index in [9.17, 15) is 4.79 Å². The van der Waals surface area contributed by atoms with E-state index in [4.69, 9.17) is 10.8 Å². The third-order valence-corrected chi connectivity index (χ3v) is 1.55. The number of nitrogen functional groups attached to an aromatic ring is 1. The molecule has 0 amide bonds. The second kappa shape index (κ2) is 3.38. The molecule has 0 bridgehead atoms. The van der Waals surface area contributed by atoms with Crippen molar-refractivity contribution in [3.05, 3.63) is 10.4 Å². The number of hydrogen-bond donors (Lipinski definition) is 2. The van der Waals surface area contributed by atoms with Gasteiger partial charge in [0.25, 0.3) is 0 Å². The van der Waals surface area contributed by atoms with Gasteiger partial charge in [0.2, 0.25) is 5.01 Å². The second-order valence-corrected chi connectivity index (χ2v) is 2.24. The normalized spacial score (nSPS) is 8.40. The number of nitrogens with zero attached hydrogens (tertiary/aromatic N) is 1. The molecular formula is C4H5ClN2O2S. The number of carbonyl (C=O) groups is 1. The summed E-state index contributed by atoms with van der Waals surface area (Å²) >= 11 is 1.02. The first-order chi connectivity index (χ1) is 4.20. The number of hydrogen-bond acceptors (Lipinski definition) is 4. The molecule has 0 saturated carbocycles. The first-order valence-corrected chi connectivity index (χ1v) is 3.02. The minimum absolute atomic E-state index is 0. The number of thiazole rings is 1. The summed E-state index contributed by atoms with van der Waals surface area (Å²) in [5.41, 5.74) is 5.15. The maximum absolute atomic E-state index is 10.1. The van der Waals surface area contributed by atoms with Gasteiger partial charge < -0.3 is 10.8 Å². The number of aromatic carboxylic acids is 1. The SMILES string of the molecule is Cl.Nc1csc(C(=O)O)n1. The monoisotopic (exact) mass is 180 g/mol. The van der Waals surface area contributed by atoms with Crippen LogP contribution in [0.1, 0.15) is 9.80 Å².